The molecular weight excluding hydrogens is 194 g/mol. The number of carbonyl (C=O) groups is 1. The van der Waals surface area contributed by atoms with Crippen molar-refractivity contribution in [1.82, 2.24) is 0 Å². The fourth-order valence-electron chi connectivity index (χ4n) is 2.09. The van der Waals surface area contributed by atoms with Crippen LogP contribution in [0, 0.1) is 11.8 Å². The summed E-state index contributed by atoms with van der Waals surface area (Å²) in [6.07, 6.45) is 2.32. The van der Waals surface area contributed by atoms with Crippen LogP contribution in [0.15, 0.2) is 5.11 Å². The fraction of sp³-hybridized carbons (Fsp3) is 0.900. The van der Waals surface area contributed by atoms with Gasteiger partial charge in [0.05, 0.1) is 12.5 Å². The predicted molar refractivity (Wildman–Crippen MR) is 56.1 cm³/mol. The second kappa shape index (κ2) is 5.61. The Morgan fingerprint density at radius 2 is 2.33 bits per heavy atom. The quantitative estimate of drug-likeness (QED) is 0.311. The zero-order valence-electron chi connectivity index (χ0n) is 9.22. The van der Waals surface area contributed by atoms with Gasteiger partial charge in [-0.25, -0.2) is 0 Å². The minimum Gasteiger partial charge on any atom is -0.466 e. The molecule has 0 N–H and O–H groups in total. The SMILES string of the molecule is CCOC(=O)[C@@H]1CCC(N=[N+]=[N-])[C@@H](C)C1. The molecule has 1 aliphatic carbocycles. The van der Waals surface area contributed by atoms with Crippen LogP contribution in [0.3, 0.4) is 0 Å². The summed E-state index contributed by atoms with van der Waals surface area (Å²) in [6.45, 7) is 4.27. The molecule has 0 aliphatic heterocycles. The first-order chi connectivity index (χ1) is 7.19. The molecule has 84 valence electrons. The molecule has 15 heavy (non-hydrogen) atoms. The summed E-state index contributed by atoms with van der Waals surface area (Å²) in [6, 6.07) is 0.0423. The number of esters is 1. The van der Waals surface area contributed by atoms with E-state index in [0.29, 0.717) is 6.61 Å². The number of carbonyl (C=O) groups excluding carboxylic acids is 1. The smallest absolute Gasteiger partial charge is 0.308 e. The minimum atomic E-state index is -0.108. The van der Waals surface area contributed by atoms with Crippen molar-refractivity contribution >= 4 is 5.97 Å². The first-order valence-corrected chi connectivity index (χ1v) is 5.39. The van der Waals surface area contributed by atoms with E-state index < -0.39 is 0 Å². The van der Waals surface area contributed by atoms with Gasteiger partial charge in [0.25, 0.3) is 0 Å². The summed E-state index contributed by atoms with van der Waals surface area (Å²) in [7, 11) is 0. The Labute approximate surface area is 89.4 Å². The Bertz CT molecular complexity index is 274. The van der Waals surface area contributed by atoms with Crippen LogP contribution in [-0.2, 0) is 9.53 Å². The van der Waals surface area contributed by atoms with E-state index in [1.807, 2.05) is 13.8 Å². The second-order valence-electron chi connectivity index (χ2n) is 4.01. The molecule has 5 nitrogen and oxygen atoms in total. The minimum absolute atomic E-state index is 0.00917. The molecule has 0 spiro atoms. The summed E-state index contributed by atoms with van der Waals surface area (Å²) >= 11 is 0. The third-order valence-electron chi connectivity index (χ3n) is 2.94. The lowest BCUT2D eigenvalue weighted by atomic mass is 9.79. The molecule has 0 saturated heterocycles. The highest BCUT2D eigenvalue weighted by Crippen LogP contribution is 2.31. The zero-order chi connectivity index (χ0) is 11.3. The van der Waals surface area contributed by atoms with E-state index in [2.05, 4.69) is 10.0 Å². The van der Waals surface area contributed by atoms with Gasteiger partial charge in [-0.05, 0) is 37.6 Å². The van der Waals surface area contributed by atoms with Gasteiger partial charge in [0.1, 0.15) is 0 Å². The summed E-state index contributed by atoms with van der Waals surface area (Å²) in [4.78, 5) is 14.3. The number of hydrogen-bond acceptors (Lipinski definition) is 3. The molecule has 0 heterocycles. The van der Waals surface area contributed by atoms with Crippen molar-refractivity contribution < 1.29 is 9.53 Å². The number of hydrogen-bond donors (Lipinski definition) is 0. The standard InChI is InChI=1S/C10H17N3O2/c1-3-15-10(14)8-4-5-9(12-13-11)7(2)6-8/h7-9H,3-6H2,1-2H3/t7-,8+,9?/m0/s1. The topological polar surface area (TPSA) is 75.1 Å². The van der Waals surface area contributed by atoms with Gasteiger partial charge >= 0.3 is 5.97 Å². The monoisotopic (exact) mass is 211 g/mol. The van der Waals surface area contributed by atoms with E-state index in [9.17, 15) is 4.79 Å². The normalized spacial score (nSPS) is 30.4. The van der Waals surface area contributed by atoms with E-state index in [4.69, 9.17) is 10.3 Å². The largest absolute Gasteiger partial charge is 0.466 e. The van der Waals surface area contributed by atoms with Gasteiger partial charge in [-0.15, -0.1) is 0 Å². The molecule has 3 atom stereocenters. The third-order valence-corrected chi connectivity index (χ3v) is 2.94. The van der Waals surface area contributed by atoms with Crippen molar-refractivity contribution in [2.45, 2.75) is 39.2 Å². The van der Waals surface area contributed by atoms with Crippen LogP contribution >= 0.6 is 0 Å². The average Bonchev–Trinajstić information content (AvgIpc) is 2.21. The van der Waals surface area contributed by atoms with E-state index in [1.54, 1.807) is 0 Å². The first-order valence-electron chi connectivity index (χ1n) is 5.39. The zero-order valence-corrected chi connectivity index (χ0v) is 9.22. The van der Waals surface area contributed by atoms with Gasteiger partial charge in [0.15, 0.2) is 0 Å². The lowest BCUT2D eigenvalue weighted by molar-refractivity contribution is -0.149. The lowest BCUT2D eigenvalue weighted by Gasteiger charge is -2.29. The molecule has 0 aromatic heterocycles. The van der Waals surface area contributed by atoms with Gasteiger partial charge in [-0.2, -0.15) is 0 Å². The molecule has 1 fully saturated rings. The van der Waals surface area contributed by atoms with Crippen molar-refractivity contribution in [3.8, 4) is 0 Å². The van der Waals surface area contributed by atoms with Crippen LogP contribution in [0.2, 0.25) is 0 Å². The summed E-state index contributed by atoms with van der Waals surface area (Å²) in [5.74, 6) is 0.151. The Hall–Kier alpha value is -1.22. The molecule has 1 aliphatic rings. The average molecular weight is 211 g/mol. The van der Waals surface area contributed by atoms with Crippen molar-refractivity contribution in [3.63, 3.8) is 0 Å². The first kappa shape index (κ1) is 11.9. The molecule has 1 unspecified atom stereocenters. The van der Waals surface area contributed by atoms with Crippen molar-refractivity contribution in [1.29, 1.82) is 0 Å². The summed E-state index contributed by atoms with van der Waals surface area (Å²) in [5, 5.41) is 3.73. The highest BCUT2D eigenvalue weighted by molar-refractivity contribution is 5.72. The van der Waals surface area contributed by atoms with Crippen LogP contribution in [-0.4, -0.2) is 18.6 Å². The summed E-state index contributed by atoms with van der Waals surface area (Å²) < 4.78 is 4.98. The number of ether oxygens (including phenoxy) is 1. The van der Waals surface area contributed by atoms with Gasteiger partial charge < -0.3 is 4.74 Å². The molecule has 1 rings (SSSR count). The molecule has 0 radical (unpaired) electrons. The maximum absolute atomic E-state index is 11.5. The molecule has 5 heteroatoms. The van der Waals surface area contributed by atoms with Crippen molar-refractivity contribution in [2.24, 2.45) is 17.0 Å². The van der Waals surface area contributed by atoms with Crippen molar-refractivity contribution in [2.75, 3.05) is 6.61 Å². The molecular formula is C10H17N3O2. The Morgan fingerprint density at radius 1 is 1.60 bits per heavy atom. The second-order valence-corrected chi connectivity index (χ2v) is 4.01. The Kier molecular flexibility index (Phi) is 4.43. The maximum Gasteiger partial charge on any atom is 0.308 e. The Morgan fingerprint density at radius 3 is 2.87 bits per heavy atom. The third kappa shape index (κ3) is 3.13. The van der Waals surface area contributed by atoms with Crippen molar-refractivity contribution in [3.05, 3.63) is 10.4 Å². The lowest BCUT2D eigenvalue weighted by Crippen LogP contribution is -2.30. The van der Waals surface area contributed by atoms with Crippen LogP contribution < -0.4 is 0 Å². The summed E-state index contributed by atoms with van der Waals surface area (Å²) in [5.41, 5.74) is 8.36. The predicted octanol–water partition coefficient (Wildman–Crippen LogP) is 2.66. The maximum atomic E-state index is 11.5. The number of azide groups is 1. The molecule has 1 saturated carbocycles. The van der Waals surface area contributed by atoms with E-state index in [-0.39, 0.29) is 23.8 Å². The fourth-order valence-corrected chi connectivity index (χ4v) is 2.09. The van der Waals surface area contributed by atoms with E-state index in [1.165, 1.54) is 0 Å². The molecule has 0 bridgehead atoms. The van der Waals surface area contributed by atoms with Crippen LogP contribution in [0.1, 0.15) is 33.1 Å². The van der Waals surface area contributed by atoms with E-state index >= 15 is 0 Å². The number of nitrogens with zero attached hydrogens (tertiary/aromatic N) is 3. The molecule has 0 aromatic carbocycles. The van der Waals surface area contributed by atoms with Gasteiger partial charge in [0, 0.05) is 11.0 Å². The highest BCUT2D eigenvalue weighted by atomic mass is 16.5. The van der Waals surface area contributed by atoms with Gasteiger partial charge in [-0.3, -0.25) is 4.79 Å². The molecule has 0 amide bonds. The van der Waals surface area contributed by atoms with E-state index in [0.717, 1.165) is 19.3 Å². The molecule has 0 aromatic rings. The number of rotatable bonds is 3. The van der Waals surface area contributed by atoms with Crippen LogP contribution in [0.25, 0.3) is 10.4 Å². The van der Waals surface area contributed by atoms with Gasteiger partial charge in [-0.1, -0.05) is 12.0 Å². The highest BCUT2D eigenvalue weighted by Gasteiger charge is 2.31. The van der Waals surface area contributed by atoms with Crippen LogP contribution in [0.4, 0.5) is 0 Å². The van der Waals surface area contributed by atoms with Gasteiger partial charge in [0.2, 0.25) is 0 Å². The van der Waals surface area contributed by atoms with Crippen LogP contribution in [0.5, 0.6) is 0 Å². The Balaban J connectivity index is 2.50.